The van der Waals surface area contributed by atoms with E-state index in [9.17, 15) is 4.79 Å². The molecule has 1 spiro atoms. The molecule has 2 aliphatic heterocycles. The Labute approximate surface area is 150 Å². The number of morpholine rings is 1. The number of thiophene rings is 1. The molecule has 2 aromatic heterocycles. The summed E-state index contributed by atoms with van der Waals surface area (Å²) in [4.78, 5) is 25.8. The zero-order chi connectivity index (χ0) is 17.1. The molecule has 132 valence electrons. The van der Waals surface area contributed by atoms with E-state index >= 15 is 0 Å². The van der Waals surface area contributed by atoms with Crippen molar-refractivity contribution >= 4 is 22.9 Å². The van der Waals surface area contributed by atoms with Crippen LogP contribution in [0.1, 0.15) is 4.88 Å². The van der Waals surface area contributed by atoms with Gasteiger partial charge < -0.3 is 14.4 Å². The summed E-state index contributed by atoms with van der Waals surface area (Å²) >= 11 is 1.75. The van der Waals surface area contributed by atoms with Gasteiger partial charge in [0.05, 0.1) is 37.8 Å². The number of hydrogen-bond donors (Lipinski definition) is 0. The molecule has 1 atom stereocenters. The van der Waals surface area contributed by atoms with Crippen molar-refractivity contribution in [2.24, 2.45) is 0 Å². The first-order valence-electron chi connectivity index (χ1n) is 8.26. The van der Waals surface area contributed by atoms with E-state index in [0.29, 0.717) is 25.4 Å². The van der Waals surface area contributed by atoms with E-state index in [-0.39, 0.29) is 12.5 Å². The normalized spacial score (nSPS) is 25.3. The number of amides is 1. The van der Waals surface area contributed by atoms with Gasteiger partial charge in [0.1, 0.15) is 18.5 Å². The summed E-state index contributed by atoms with van der Waals surface area (Å²) in [6.45, 7) is 4.08. The number of anilines is 1. The molecule has 0 saturated carbocycles. The van der Waals surface area contributed by atoms with Gasteiger partial charge in [-0.15, -0.1) is 11.3 Å². The average Bonchev–Trinajstić information content (AvgIpc) is 3.07. The number of rotatable bonds is 3. The molecule has 4 heterocycles. The highest BCUT2D eigenvalue weighted by Crippen LogP contribution is 2.27. The fraction of sp³-hybridized carbons (Fsp3) is 0.471. The highest BCUT2D eigenvalue weighted by molar-refractivity contribution is 7.09. The van der Waals surface area contributed by atoms with Gasteiger partial charge in [0.25, 0.3) is 5.91 Å². The molecular formula is C17H20N4O3S. The van der Waals surface area contributed by atoms with E-state index in [1.54, 1.807) is 28.6 Å². The Bertz CT molecular complexity index is 712. The predicted molar refractivity (Wildman–Crippen MR) is 93.5 cm³/mol. The van der Waals surface area contributed by atoms with Crippen LogP contribution in [0.5, 0.6) is 0 Å². The first-order valence-corrected chi connectivity index (χ1v) is 9.14. The van der Waals surface area contributed by atoms with E-state index < -0.39 is 5.60 Å². The van der Waals surface area contributed by atoms with E-state index in [4.69, 9.17) is 9.47 Å². The lowest BCUT2D eigenvalue weighted by Gasteiger charge is -2.42. The molecule has 0 aliphatic carbocycles. The van der Waals surface area contributed by atoms with Crippen molar-refractivity contribution in [1.82, 2.24) is 14.9 Å². The van der Waals surface area contributed by atoms with Crippen LogP contribution in [0.2, 0.25) is 0 Å². The van der Waals surface area contributed by atoms with Gasteiger partial charge in [-0.2, -0.15) is 0 Å². The quantitative estimate of drug-likeness (QED) is 0.819. The lowest BCUT2D eigenvalue weighted by atomic mass is 10.0. The fourth-order valence-electron chi connectivity index (χ4n) is 3.31. The van der Waals surface area contributed by atoms with Gasteiger partial charge in [-0.1, -0.05) is 6.07 Å². The molecule has 2 saturated heterocycles. The highest BCUT2D eigenvalue weighted by atomic mass is 32.1. The zero-order valence-electron chi connectivity index (χ0n) is 13.8. The maximum absolute atomic E-state index is 12.3. The van der Waals surface area contributed by atoms with E-state index in [1.165, 1.54) is 11.2 Å². The first kappa shape index (κ1) is 16.6. The van der Waals surface area contributed by atoms with Gasteiger partial charge >= 0.3 is 0 Å². The van der Waals surface area contributed by atoms with Crippen molar-refractivity contribution in [3.8, 4) is 0 Å². The molecule has 1 amide bonds. The standard InChI is InChI=1S/C17H20N4O3S/c22-16-9-24-17(11-21(16)14-6-18-13-19-7-14)10-20(3-4-23-12-17)8-15-2-1-5-25-15/h1-2,5-7,13H,3-4,8-12H2. The lowest BCUT2D eigenvalue weighted by Crippen LogP contribution is -2.60. The van der Waals surface area contributed by atoms with Crippen molar-refractivity contribution in [3.05, 3.63) is 41.1 Å². The molecule has 2 fully saturated rings. The topological polar surface area (TPSA) is 67.8 Å². The minimum atomic E-state index is -0.530. The van der Waals surface area contributed by atoms with Crippen LogP contribution in [0.15, 0.2) is 36.2 Å². The highest BCUT2D eigenvalue weighted by Gasteiger charge is 2.43. The SMILES string of the molecule is O=C1COC2(COCCN(Cc3cccs3)C2)CN1c1cncnc1. The summed E-state index contributed by atoms with van der Waals surface area (Å²) in [6.07, 6.45) is 4.78. The number of aromatic nitrogens is 2. The number of ether oxygens (including phenoxy) is 2. The van der Waals surface area contributed by atoms with Crippen LogP contribution in [0, 0.1) is 0 Å². The minimum absolute atomic E-state index is 0.0467. The minimum Gasteiger partial charge on any atom is -0.377 e. The average molecular weight is 360 g/mol. The van der Waals surface area contributed by atoms with Gasteiger partial charge in [-0.3, -0.25) is 9.69 Å². The Morgan fingerprint density at radius 3 is 2.96 bits per heavy atom. The summed E-state index contributed by atoms with van der Waals surface area (Å²) in [7, 11) is 0. The third kappa shape index (κ3) is 3.72. The zero-order valence-corrected chi connectivity index (χ0v) is 14.7. The molecule has 7 nitrogen and oxygen atoms in total. The van der Waals surface area contributed by atoms with Crippen molar-refractivity contribution in [2.75, 3.05) is 44.4 Å². The smallest absolute Gasteiger partial charge is 0.253 e. The summed E-state index contributed by atoms with van der Waals surface area (Å²) in [5.74, 6) is -0.0746. The Morgan fingerprint density at radius 1 is 1.28 bits per heavy atom. The van der Waals surface area contributed by atoms with E-state index in [0.717, 1.165) is 19.6 Å². The Hall–Kier alpha value is -1.87. The summed E-state index contributed by atoms with van der Waals surface area (Å²) in [6, 6.07) is 4.21. The van der Waals surface area contributed by atoms with Gasteiger partial charge in [-0.05, 0) is 11.4 Å². The predicted octanol–water partition coefficient (Wildman–Crippen LogP) is 1.17. The van der Waals surface area contributed by atoms with Gasteiger partial charge in [0.2, 0.25) is 0 Å². The van der Waals surface area contributed by atoms with Crippen LogP contribution in [0.25, 0.3) is 0 Å². The molecule has 4 rings (SSSR count). The molecular weight excluding hydrogens is 340 g/mol. The molecule has 0 N–H and O–H groups in total. The Kier molecular flexibility index (Phi) is 4.76. The Morgan fingerprint density at radius 2 is 2.16 bits per heavy atom. The molecule has 0 radical (unpaired) electrons. The molecule has 1 unspecified atom stereocenters. The number of nitrogens with zero attached hydrogens (tertiary/aromatic N) is 4. The molecule has 2 aromatic rings. The van der Waals surface area contributed by atoms with Gasteiger partial charge in [0.15, 0.2) is 0 Å². The number of carbonyl (C=O) groups excluding carboxylic acids is 1. The van der Waals surface area contributed by atoms with E-state index in [1.807, 2.05) is 0 Å². The van der Waals surface area contributed by atoms with Crippen LogP contribution < -0.4 is 4.90 Å². The Balaban J connectivity index is 1.53. The number of hydrogen-bond acceptors (Lipinski definition) is 7. The maximum Gasteiger partial charge on any atom is 0.253 e. The molecule has 0 bridgehead atoms. The van der Waals surface area contributed by atoms with E-state index in [2.05, 4.69) is 32.4 Å². The van der Waals surface area contributed by atoms with Crippen LogP contribution in [0.3, 0.4) is 0 Å². The monoisotopic (exact) mass is 360 g/mol. The second kappa shape index (κ2) is 7.17. The van der Waals surface area contributed by atoms with Crippen molar-refractivity contribution in [1.29, 1.82) is 0 Å². The molecule has 25 heavy (non-hydrogen) atoms. The molecule has 8 heteroatoms. The number of carbonyl (C=O) groups is 1. The first-order chi connectivity index (χ1) is 12.2. The summed E-state index contributed by atoms with van der Waals surface area (Å²) in [5, 5.41) is 2.09. The second-order valence-electron chi connectivity index (χ2n) is 6.39. The molecule has 0 aromatic carbocycles. The van der Waals surface area contributed by atoms with Crippen molar-refractivity contribution < 1.29 is 14.3 Å². The van der Waals surface area contributed by atoms with Gasteiger partial charge in [0, 0.05) is 24.5 Å². The second-order valence-corrected chi connectivity index (χ2v) is 7.42. The van der Waals surface area contributed by atoms with Crippen molar-refractivity contribution in [3.63, 3.8) is 0 Å². The van der Waals surface area contributed by atoms with Crippen LogP contribution in [-0.4, -0.2) is 65.8 Å². The lowest BCUT2D eigenvalue weighted by molar-refractivity contribution is -0.146. The maximum atomic E-state index is 12.3. The third-order valence-corrected chi connectivity index (χ3v) is 5.36. The van der Waals surface area contributed by atoms with Crippen LogP contribution in [-0.2, 0) is 20.8 Å². The van der Waals surface area contributed by atoms with Gasteiger partial charge in [-0.25, -0.2) is 9.97 Å². The third-order valence-electron chi connectivity index (χ3n) is 4.50. The van der Waals surface area contributed by atoms with Crippen LogP contribution >= 0.6 is 11.3 Å². The molecule has 2 aliphatic rings. The largest absolute Gasteiger partial charge is 0.377 e. The van der Waals surface area contributed by atoms with Crippen molar-refractivity contribution in [2.45, 2.75) is 12.1 Å². The summed E-state index contributed by atoms with van der Waals surface area (Å²) < 4.78 is 11.8. The fourth-order valence-corrected chi connectivity index (χ4v) is 4.05. The van der Waals surface area contributed by atoms with Crippen LogP contribution in [0.4, 0.5) is 5.69 Å². The summed E-state index contributed by atoms with van der Waals surface area (Å²) in [5.41, 5.74) is 0.168.